The molecule has 0 atom stereocenters. The van der Waals surface area contributed by atoms with Gasteiger partial charge in [-0.2, -0.15) is 4.58 Å². The molecule has 0 unspecified atom stereocenters. The van der Waals surface area contributed by atoms with Crippen LogP contribution in [0.5, 0.6) is 0 Å². The van der Waals surface area contributed by atoms with Gasteiger partial charge in [0.2, 0.25) is 5.69 Å². The lowest BCUT2D eigenvalue weighted by Gasteiger charge is -2.15. The number of unbranched alkanes of at least 4 members (excludes halogenated alkanes) is 2. The predicted octanol–water partition coefficient (Wildman–Crippen LogP) is 6.27. The van der Waals surface area contributed by atoms with Crippen molar-refractivity contribution in [3.05, 3.63) is 71.3 Å². The van der Waals surface area contributed by atoms with Crippen molar-refractivity contribution in [3.8, 4) is 0 Å². The standard InChI is InChI=1S/C24H30N/c1-5-6-9-18-25-22-11-8-7-10-21(22)24(3,4)23(25)17-16-20-14-12-19(2)13-15-20/h7-8,10-17H,5-6,9,18H2,1-4H3/q+1/b17-16+. The van der Waals surface area contributed by atoms with E-state index >= 15 is 0 Å². The number of allylic oxidation sites excluding steroid dienone is 1. The highest BCUT2D eigenvalue weighted by Gasteiger charge is 2.43. The largest absolute Gasteiger partial charge is 0.209 e. The Balaban J connectivity index is 1.99. The zero-order valence-corrected chi connectivity index (χ0v) is 16.0. The lowest BCUT2D eigenvalue weighted by Crippen LogP contribution is -2.27. The maximum absolute atomic E-state index is 2.54. The average Bonchev–Trinajstić information content (AvgIpc) is 2.82. The minimum atomic E-state index is 0.0456. The van der Waals surface area contributed by atoms with Crippen molar-refractivity contribution in [2.45, 2.75) is 52.4 Å². The van der Waals surface area contributed by atoms with E-state index in [1.807, 2.05) is 0 Å². The van der Waals surface area contributed by atoms with Crippen molar-refractivity contribution in [3.63, 3.8) is 0 Å². The van der Waals surface area contributed by atoms with Crippen molar-refractivity contribution in [1.82, 2.24) is 0 Å². The Bertz CT molecular complexity index is 791. The summed E-state index contributed by atoms with van der Waals surface area (Å²) in [6.45, 7) is 10.2. The highest BCUT2D eigenvalue weighted by Crippen LogP contribution is 2.40. The molecule has 3 rings (SSSR count). The maximum atomic E-state index is 2.54. The minimum Gasteiger partial charge on any atom is -0.195 e. The molecule has 2 aromatic carbocycles. The molecule has 0 aromatic heterocycles. The van der Waals surface area contributed by atoms with Crippen LogP contribution < -0.4 is 0 Å². The fourth-order valence-electron chi connectivity index (χ4n) is 3.75. The van der Waals surface area contributed by atoms with Crippen molar-refractivity contribution < 1.29 is 4.58 Å². The van der Waals surface area contributed by atoms with E-state index in [4.69, 9.17) is 0 Å². The van der Waals surface area contributed by atoms with E-state index in [0.717, 1.165) is 6.54 Å². The highest BCUT2D eigenvalue weighted by atomic mass is 15.1. The molecule has 0 amide bonds. The van der Waals surface area contributed by atoms with Crippen LogP contribution in [0.3, 0.4) is 0 Å². The Morgan fingerprint density at radius 1 is 0.920 bits per heavy atom. The van der Waals surface area contributed by atoms with Crippen LogP contribution in [0.25, 0.3) is 6.08 Å². The summed E-state index contributed by atoms with van der Waals surface area (Å²) < 4.78 is 2.54. The molecule has 25 heavy (non-hydrogen) atoms. The Hall–Kier alpha value is -2.15. The van der Waals surface area contributed by atoms with Crippen LogP contribution >= 0.6 is 0 Å². The van der Waals surface area contributed by atoms with Gasteiger partial charge in [0.15, 0.2) is 5.71 Å². The molecule has 0 bridgehead atoms. The van der Waals surface area contributed by atoms with Gasteiger partial charge in [-0.05, 0) is 38.8 Å². The quantitative estimate of drug-likeness (QED) is 0.433. The van der Waals surface area contributed by atoms with Gasteiger partial charge in [-0.15, -0.1) is 0 Å². The van der Waals surface area contributed by atoms with E-state index < -0.39 is 0 Å². The number of fused-ring (bicyclic) bond motifs is 1. The van der Waals surface area contributed by atoms with E-state index in [0.29, 0.717) is 0 Å². The lowest BCUT2D eigenvalue weighted by atomic mass is 9.81. The molecule has 0 saturated carbocycles. The molecule has 0 spiro atoms. The molecule has 0 saturated heterocycles. The summed E-state index contributed by atoms with van der Waals surface area (Å²) in [5, 5.41) is 0. The third-order valence-electron chi connectivity index (χ3n) is 5.30. The average molecular weight is 333 g/mol. The molecular formula is C24H30N+. The van der Waals surface area contributed by atoms with Gasteiger partial charge in [0.05, 0.1) is 5.41 Å². The lowest BCUT2D eigenvalue weighted by molar-refractivity contribution is -0.438. The molecule has 1 nitrogen and oxygen atoms in total. The zero-order valence-electron chi connectivity index (χ0n) is 16.0. The monoisotopic (exact) mass is 332 g/mol. The van der Waals surface area contributed by atoms with Crippen LogP contribution in [0, 0.1) is 6.92 Å². The molecule has 2 aromatic rings. The van der Waals surface area contributed by atoms with E-state index in [1.54, 1.807) is 0 Å². The first-order valence-electron chi connectivity index (χ1n) is 9.53. The summed E-state index contributed by atoms with van der Waals surface area (Å²) in [7, 11) is 0. The van der Waals surface area contributed by atoms with Crippen molar-refractivity contribution in [2.24, 2.45) is 0 Å². The fourth-order valence-corrected chi connectivity index (χ4v) is 3.75. The first-order chi connectivity index (χ1) is 12.0. The van der Waals surface area contributed by atoms with Gasteiger partial charge in [0.1, 0.15) is 6.54 Å². The van der Waals surface area contributed by atoms with E-state index in [-0.39, 0.29) is 5.41 Å². The maximum Gasteiger partial charge on any atom is 0.209 e. The minimum absolute atomic E-state index is 0.0456. The van der Waals surface area contributed by atoms with Crippen LogP contribution in [0.4, 0.5) is 5.69 Å². The van der Waals surface area contributed by atoms with Gasteiger partial charge in [0, 0.05) is 24.1 Å². The third kappa shape index (κ3) is 3.61. The summed E-state index contributed by atoms with van der Waals surface area (Å²) in [5.41, 5.74) is 6.84. The normalized spacial score (nSPS) is 15.8. The molecule has 1 aliphatic heterocycles. The summed E-state index contributed by atoms with van der Waals surface area (Å²) in [4.78, 5) is 0. The molecule has 1 heterocycles. The third-order valence-corrected chi connectivity index (χ3v) is 5.30. The summed E-state index contributed by atoms with van der Waals surface area (Å²) in [5.74, 6) is 0. The summed E-state index contributed by atoms with van der Waals surface area (Å²) in [6.07, 6.45) is 8.37. The van der Waals surface area contributed by atoms with Gasteiger partial charge in [-0.3, -0.25) is 0 Å². The second kappa shape index (κ2) is 7.39. The number of rotatable bonds is 6. The SMILES string of the molecule is CCCCC[N+]1=C(/C=C/c2ccc(C)cc2)C(C)(C)c2ccccc21. The van der Waals surface area contributed by atoms with Crippen LogP contribution in [-0.2, 0) is 5.41 Å². The van der Waals surface area contributed by atoms with Gasteiger partial charge in [-0.25, -0.2) is 0 Å². The first kappa shape index (κ1) is 17.7. The number of hydrogen-bond donors (Lipinski definition) is 0. The molecule has 0 aliphatic carbocycles. The summed E-state index contributed by atoms with van der Waals surface area (Å²) >= 11 is 0. The molecular weight excluding hydrogens is 302 g/mol. The molecule has 0 fully saturated rings. The molecule has 130 valence electrons. The number of benzene rings is 2. The van der Waals surface area contributed by atoms with Crippen molar-refractivity contribution >= 4 is 17.5 Å². The first-order valence-corrected chi connectivity index (χ1v) is 9.53. The fraction of sp³-hybridized carbons (Fsp3) is 0.375. The molecule has 0 radical (unpaired) electrons. The Morgan fingerprint density at radius 2 is 1.64 bits per heavy atom. The molecule has 1 aliphatic rings. The van der Waals surface area contributed by atoms with E-state index in [9.17, 15) is 0 Å². The number of hydrogen-bond acceptors (Lipinski definition) is 0. The molecule has 1 heteroatoms. The van der Waals surface area contributed by atoms with Crippen molar-refractivity contribution in [1.29, 1.82) is 0 Å². The van der Waals surface area contributed by atoms with Crippen LogP contribution in [0.2, 0.25) is 0 Å². The highest BCUT2D eigenvalue weighted by molar-refractivity contribution is 6.05. The Morgan fingerprint density at radius 3 is 2.36 bits per heavy atom. The second-order valence-electron chi connectivity index (χ2n) is 7.63. The second-order valence-corrected chi connectivity index (χ2v) is 7.63. The van der Waals surface area contributed by atoms with Gasteiger partial charge in [-0.1, -0.05) is 61.4 Å². The predicted molar refractivity (Wildman–Crippen MR) is 109 cm³/mol. The van der Waals surface area contributed by atoms with Gasteiger partial charge < -0.3 is 0 Å². The van der Waals surface area contributed by atoms with Gasteiger partial charge >= 0.3 is 0 Å². The van der Waals surface area contributed by atoms with E-state index in [1.165, 1.54) is 47.4 Å². The van der Waals surface area contributed by atoms with E-state index in [2.05, 4.69) is 93.0 Å². The number of aryl methyl sites for hydroxylation is 1. The molecule has 0 N–H and O–H groups in total. The Kier molecular flexibility index (Phi) is 5.22. The smallest absolute Gasteiger partial charge is 0.195 e. The Labute approximate surface area is 152 Å². The van der Waals surface area contributed by atoms with Gasteiger partial charge in [0.25, 0.3) is 0 Å². The van der Waals surface area contributed by atoms with Crippen LogP contribution in [0.1, 0.15) is 56.7 Å². The number of nitrogens with zero attached hydrogens (tertiary/aromatic N) is 1. The topological polar surface area (TPSA) is 3.01 Å². The van der Waals surface area contributed by atoms with Crippen molar-refractivity contribution in [2.75, 3.05) is 6.54 Å². The zero-order chi connectivity index (χ0) is 17.9. The summed E-state index contributed by atoms with van der Waals surface area (Å²) in [6, 6.07) is 17.6. The number of para-hydroxylation sites is 1. The van der Waals surface area contributed by atoms with Crippen LogP contribution in [-0.4, -0.2) is 16.8 Å². The van der Waals surface area contributed by atoms with Crippen LogP contribution in [0.15, 0.2) is 54.6 Å².